The Morgan fingerprint density at radius 1 is 1.27 bits per heavy atom. The summed E-state index contributed by atoms with van der Waals surface area (Å²) in [5, 5.41) is 2.83. The minimum absolute atomic E-state index is 0.0322. The number of halogens is 1. The van der Waals surface area contributed by atoms with Crippen LogP contribution < -0.4 is 5.32 Å². The van der Waals surface area contributed by atoms with Crippen LogP contribution in [0.15, 0.2) is 22.7 Å². The van der Waals surface area contributed by atoms with E-state index in [9.17, 15) is 9.59 Å². The number of hydrogen-bond acceptors (Lipinski definition) is 2. The Balaban J connectivity index is 2.17. The number of anilines is 1. The second-order valence-electron chi connectivity index (χ2n) is 4.12. The lowest BCUT2D eigenvalue weighted by Gasteiger charge is -2.34. The third-order valence-corrected chi connectivity index (χ3v) is 3.67. The first-order chi connectivity index (χ1) is 7.12. The van der Waals surface area contributed by atoms with Gasteiger partial charge in [0.1, 0.15) is 5.78 Å². The molecule has 4 heteroatoms. The monoisotopic (exact) mass is 265 g/mol. The van der Waals surface area contributed by atoms with Crippen molar-refractivity contribution in [2.45, 2.75) is 18.3 Å². The number of fused-ring (bicyclic) bond motifs is 2. The van der Waals surface area contributed by atoms with Crippen LogP contribution in [-0.4, -0.2) is 11.7 Å². The first kappa shape index (κ1) is 9.09. The molecule has 1 N–H and O–H groups in total. The SMILES string of the molecule is O=C1CC2(C1)C(=O)Nc1ccc(Br)cc12. The summed E-state index contributed by atoms with van der Waals surface area (Å²) in [6.45, 7) is 0. The second kappa shape index (κ2) is 2.70. The van der Waals surface area contributed by atoms with Crippen molar-refractivity contribution >= 4 is 33.3 Å². The van der Waals surface area contributed by atoms with Gasteiger partial charge in [-0.2, -0.15) is 0 Å². The van der Waals surface area contributed by atoms with Gasteiger partial charge in [0.15, 0.2) is 0 Å². The van der Waals surface area contributed by atoms with Gasteiger partial charge in [0.05, 0.1) is 5.41 Å². The maximum Gasteiger partial charge on any atom is 0.236 e. The van der Waals surface area contributed by atoms with Crippen LogP contribution in [0.5, 0.6) is 0 Å². The van der Waals surface area contributed by atoms with E-state index in [2.05, 4.69) is 21.2 Å². The quantitative estimate of drug-likeness (QED) is 0.780. The fourth-order valence-electron chi connectivity index (χ4n) is 2.36. The fraction of sp³-hybridized carbons (Fsp3) is 0.273. The van der Waals surface area contributed by atoms with E-state index in [4.69, 9.17) is 0 Å². The number of carbonyl (C=O) groups is 2. The van der Waals surface area contributed by atoms with Crippen LogP contribution >= 0.6 is 15.9 Å². The summed E-state index contributed by atoms with van der Waals surface area (Å²) < 4.78 is 0.941. The summed E-state index contributed by atoms with van der Waals surface area (Å²) in [6, 6.07) is 5.69. The molecule has 1 aromatic carbocycles. The summed E-state index contributed by atoms with van der Waals surface area (Å²) in [7, 11) is 0. The van der Waals surface area contributed by atoms with E-state index in [-0.39, 0.29) is 11.7 Å². The predicted octanol–water partition coefficient (Wildman–Crippen LogP) is 2.00. The Hall–Kier alpha value is -1.16. The molecule has 0 radical (unpaired) electrons. The van der Waals surface area contributed by atoms with Crippen molar-refractivity contribution in [2.75, 3.05) is 5.32 Å². The van der Waals surface area contributed by atoms with E-state index in [0.717, 1.165) is 15.7 Å². The highest BCUT2D eigenvalue weighted by Gasteiger charge is 2.55. The molecule has 0 atom stereocenters. The zero-order valence-corrected chi connectivity index (χ0v) is 9.43. The molecule has 0 saturated heterocycles. The Kier molecular flexibility index (Phi) is 1.63. The molecule has 1 amide bonds. The maximum atomic E-state index is 11.8. The van der Waals surface area contributed by atoms with Gasteiger partial charge in [-0.3, -0.25) is 9.59 Å². The number of hydrogen-bond donors (Lipinski definition) is 1. The lowest BCUT2D eigenvalue weighted by atomic mass is 9.64. The third-order valence-electron chi connectivity index (χ3n) is 3.18. The molecule has 1 saturated carbocycles. The highest BCUT2D eigenvalue weighted by Crippen LogP contribution is 2.49. The van der Waals surface area contributed by atoms with Crippen molar-refractivity contribution < 1.29 is 9.59 Å². The molecule has 76 valence electrons. The van der Waals surface area contributed by atoms with Crippen LogP contribution in [0.3, 0.4) is 0 Å². The van der Waals surface area contributed by atoms with Gasteiger partial charge in [0.2, 0.25) is 5.91 Å². The van der Waals surface area contributed by atoms with Gasteiger partial charge in [0, 0.05) is 23.0 Å². The van der Waals surface area contributed by atoms with Crippen LogP contribution in [0.1, 0.15) is 18.4 Å². The van der Waals surface area contributed by atoms with E-state index < -0.39 is 5.41 Å². The smallest absolute Gasteiger partial charge is 0.236 e. The molecule has 1 fully saturated rings. The zero-order valence-electron chi connectivity index (χ0n) is 7.84. The Bertz CT molecular complexity index is 487. The molecule has 0 aromatic heterocycles. The normalized spacial score (nSPS) is 21.1. The summed E-state index contributed by atoms with van der Waals surface area (Å²) in [5.41, 5.74) is 1.24. The summed E-state index contributed by atoms with van der Waals surface area (Å²) >= 11 is 3.38. The molecule has 0 unspecified atom stereocenters. The molecule has 3 rings (SSSR count). The predicted molar refractivity (Wildman–Crippen MR) is 58.7 cm³/mol. The molecule has 2 aliphatic rings. The molecular weight excluding hydrogens is 258 g/mol. The van der Waals surface area contributed by atoms with E-state index >= 15 is 0 Å². The van der Waals surface area contributed by atoms with Crippen LogP contribution in [-0.2, 0) is 15.0 Å². The molecule has 1 aromatic rings. The lowest BCUT2D eigenvalue weighted by molar-refractivity contribution is -0.137. The number of ketones is 1. The van der Waals surface area contributed by atoms with Gasteiger partial charge >= 0.3 is 0 Å². The topological polar surface area (TPSA) is 46.2 Å². The van der Waals surface area contributed by atoms with Crippen LogP contribution in [0.4, 0.5) is 5.69 Å². The average Bonchev–Trinajstić information content (AvgIpc) is 2.40. The number of carbonyl (C=O) groups excluding carboxylic acids is 2. The van der Waals surface area contributed by atoms with E-state index in [1.165, 1.54) is 0 Å². The largest absolute Gasteiger partial charge is 0.325 e. The van der Waals surface area contributed by atoms with Gasteiger partial charge in [-0.1, -0.05) is 15.9 Å². The average molecular weight is 266 g/mol. The summed E-state index contributed by atoms with van der Waals surface area (Å²) in [5.74, 6) is 0.133. The van der Waals surface area contributed by atoms with Gasteiger partial charge in [-0.25, -0.2) is 0 Å². The summed E-state index contributed by atoms with van der Waals surface area (Å²) in [6.07, 6.45) is 0.699. The van der Waals surface area contributed by atoms with Crippen LogP contribution in [0.25, 0.3) is 0 Å². The molecule has 3 nitrogen and oxygen atoms in total. The van der Waals surface area contributed by atoms with Crippen molar-refractivity contribution in [3.63, 3.8) is 0 Å². The Morgan fingerprint density at radius 3 is 2.67 bits per heavy atom. The maximum absolute atomic E-state index is 11.8. The molecule has 1 aliphatic heterocycles. The van der Waals surface area contributed by atoms with Crippen LogP contribution in [0.2, 0.25) is 0 Å². The van der Waals surface area contributed by atoms with Gasteiger partial charge < -0.3 is 5.32 Å². The minimum atomic E-state index is -0.559. The van der Waals surface area contributed by atoms with E-state index in [1.54, 1.807) is 0 Å². The summed E-state index contributed by atoms with van der Waals surface area (Å²) in [4.78, 5) is 22.9. The molecule has 1 heterocycles. The van der Waals surface area contributed by atoms with Crippen molar-refractivity contribution in [3.8, 4) is 0 Å². The van der Waals surface area contributed by atoms with E-state index in [0.29, 0.717) is 12.8 Å². The fourth-order valence-corrected chi connectivity index (χ4v) is 2.72. The first-order valence-corrected chi connectivity index (χ1v) is 5.54. The highest BCUT2D eigenvalue weighted by atomic mass is 79.9. The van der Waals surface area contributed by atoms with Gasteiger partial charge in [-0.15, -0.1) is 0 Å². The van der Waals surface area contributed by atoms with Crippen molar-refractivity contribution in [1.29, 1.82) is 0 Å². The molecule has 15 heavy (non-hydrogen) atoms. The number of nitrogens with one attached hydrogen (secondary N) is 1. The van der Waals surface area contributed by atoms with Gasteiger partial charge in [0.25, 0.3) is 0 Å². The highest BCUT2D eigenvalue weighted by molar-refractivity contribution is 9.10. The molecule has 1 spiro atoms. The minimum Gasteiger partial charge on any atom is -0.325 e. The van der Waals surface area contributed by atoms with Gasteiger partial charge in [-0.05, 0) is 23.8 Å². The van der Waals surface area contributed by atoms with Crippen molar-refractivity contribution in [1.82, 2.24) is 0 Å². The standard InChI is InChI=1S/C11H8BrNO2/c12-6-1-2-9-8(3-6)11(10(15)13-9)4-7(14)5-11/h1-3H,4-5H2,(H,13,15). The van der Waals surface area contributed by atoms with E-state index in [1.807, 2.05) is 18.2 Å². The van der Waals surface area contributed by atoms with Crippen molar-refractivity contribution in [2.24, 2.45) is 0 Å². The molecular formula is C11H8BrNO2. The number of rotatable bonds is 0. The third kappa shape index (κ3) is 1.05. The van der Waals surface area contributed by atoms with Crippen molar-refractivity contribution in [3.05, 3.63) is 28.2 Å². The Morgan fingerprint density at radius 2 is 2.00 bits per heavy atom. The zero-order chi connectivity index (χ0) is 10.6. The Labute approximate surface area is 95.0 Å². The lowest BCUT2D eigenvalue weighted by Crippen LogP contribution is -2.47. The first-order valence-electron chi connectivity index (χ1n) is 4.75. The second-order valence-corrected chi connectivity index (χ2v) is 5.03. The van der Waals surface area contributed by atoms with Crippen LogP contribution in [0, 0.1) is 0 Å². The molecule has 1 aliphatic carbocycles. The molecule has 0 bridgehead atoms. The number of Topliss-reactive ketones (excluding diaryl/α,β-unsaturated/α-hetero) is 1. The number of benzene rings is 1. The number of amides is 1.